The average molecular weight is 1670 g/mol. The van der Waals surface area contributed by atoms with Crippen LogP contribution >= 0.6 is 0 Å². The Labute approximate surface area is 759 Å². The van der Waals surface area contributed by atoms with Crippen molar-refractivity contribution in [3.8, 4) is 11.5 Å². The van der Waals surface area contributed by atoms with Gasteiger partial charge in [-0.3, -0.25) is 0 Å². The topological polar surface area (TPSA) is 584 Å². The summed E-state index contributed by atoms with van der Waals surface area (Å²) in [6, 6.07) is 25.9. The van der Waals surface area contributed by atoms with Gasteiger partial charge >= 0.3 is 177 Å². The smallest absolute Gasteiger partial charge is 0.744 e. The number of benzene rings is 8. The minimum Gasteiger partial charge on any atom is -0.744 e. The van der Waals surface area contributed by atoms with Crippen molar-refractivity contribution in [1.82, 2.24) is 29.9 Å². The Kier molecular flexibility index (Phi) is 33.0. The van der Waals surface area contributed by atoms with Crippen molar-refractivity contribution in [3.05, 3.63) is 145 Å². The van der Waals surface area contributed by atoms with Crippen molar-refractivity contribution in [3.63, 3.8) is 0 Å². The van der Waals surface area contributed by atoms with Crippen LogP contribution in [-0.4, -0.2) is 171 Å². The number of anilines is 10. The van der Waals surface area contributed by atoms with Crippen molar-refractivity contribution in [2.45, 2.75) is 29.4 Å². The third kappa shape index (κ3) is 23.0. The summed E-state index contributed by atoms with van der Waals surface area (Å²) < 4.78 is 241. The normalized spacial score (nSPS) is 13.7. The van der Waals surface area contributed by atoms with Crippen molar-refractivity contribution >= 4 is 176 Å². The number of fused-ring (bicyclic) bond motifs is 2. The molecule has 0 saturated carbocycles. The van der Waals surface area contributed by atoms with Crippen LogP contribution in [0.5, 0.6) is 11.5 Å². The molecule has 4 heterocycles. The van der Waals surface area contributed by atoms with E-state index in [0.717, 1.165) is 48.6 Å². The van der Waals surface area contributed by atoms with Gasteiger partial charge in [-0.15, -0.1) is 10.2 Å². The molecule has 38 nitrogen and oxygen atoms in total. The molecule has 2 saturated heterocycles. The monoisotopic (exact) mass is 1670 g/mol. The van der Waals surface area contributed by atoms with E-state index in [4.69, 9.17) is 9.47 Å². The van der Waals surface area contributed by atoms with E-state index in [1.54, 1.807) is 46.2 Å². The standard InChI is InChI=1S/C60H52N16O22S6.6Na/c77-53-49-35(27-47(103(91,92)93)51(53)73-71-37-7-3-1-4-8-37)25-41(99(79,80)81)31-43(49)63-57-65-55(67-59(69-57)75-17-21-97-22-18-75)61-39-15-13-33(45(29-39)101(85,86)87)11-12-34-14-16-40(30-46(34)102(88,89)90)62-56-66-58(70-60(68-56)76-19-23-98-24-20-76)64-44-32-42(100(82,83)84)26-36-28-48(104(94,95)96)52(54(78)50(36)44)74-72-38-9-5-2-6-10-38;;;;;;/h1-16,25-32,77-78H,17-24H2,(H,79,80,81)(H,82,83,84)(H,85,86,87)(H,88,89,90)(H,91,92,93)(H,94,95,96)(H2,61,63,65,67,69)(H2,62,64,66,68,70);;;;;;/q;6*+1/p-6. The van der Waals surface area contributed by atoms with Gasteiger partial charge in [-0.05, 0) is 107 Å². The molecule has 2 aliphatic heterocycles. The maximum atomic E-state index is 13.1. The first-order valence-corrected chi connectivity index (χ1v) is 38.1. The Hall–Kier alpha value is -4.98. The number of hydrogen-bond donors (Lipinski definition) is 6. The van der Waals surface area contributed by atoms with Crippen LogP contribution in [0.25, 0.3) is 33.7 Å². The van der Waals surface area contributed by atoms with Gasteiger partial charge in [-0.1, -0.05) is 60.7 Å². The van der Waals surface area contributed by atoms with Gasteiger partial charge in [0.25, 0.3) is 0 Å². The number of morpholine rings is 2. The molecule has 540 valence electrons. The predicted molar refractivity (Wildman–Crippen MR) is 361 cm³/mol. The number of hydrogen-bond acceptors (Lipinski definition) is 38. The number of azo groups is 2. The van der Waals surface area contributed by atoms with Crippen LogP contribution in [0, 0.1) is 0 Å². The second-order valence-electron chi connectivity index (χ2n) is 22.2. The largest absolute Gasteiger partial charge is 1.00 e. The predicted octanol–water partition coefficient (Wildman–Crippen LogP) is -11.1. The fourth-order valence-corrected chi connectivity index (χ4v) is 14.3. The van der Waals surface area contributed by atoms with E-state index < -0.39 is 170 Å². The third-order valence-corrected chi connectivity index (χ3v) is 20.4. The van der Waals surface area contributed by atoms with Gasteiger partial charge in [0.15, 0.2) is 11.5 Å². The molecule has 0 bridgehead atoms. The average Bonchev–Trinajstić information content (AvgIpc) is 0.750. The van der Waals surface area contributed by atoms with E-state index in [1.165, 1.54) is 36.4 Å². The minimum absolute atomic E-state index is 0. The summed E-state index contributed by atoms with van der Waals surface area (Å²) in [5.74, 6) is -4.09. The molecule has 0 spiro atoms. The first-order chi connectivity index (χ1) is 49.1. The zero-order valence-electron chi connectivity index (χ0n) is 58.4. The number of phenols is 2. The number of rotatable bonds is 22. The van der Waals surface area contributed by atoms with Gasteiger partial charge in [0, 0.05) is 48.3 Å². The quantitative estimate of drug-likeness (QED) is 0.0159. The molecular weight excluding hydrogens is 1630 g/mol. The molecule has 0 aliphatic carbocycles. The summed E-state index contributed by atoms with van der Waals surface area (Å²) in [6.45, 7) is 1.36. The van der Waals surface area contributed by atoms with E-state index >= 15 is 0 Å². The van der Waals surface area contributed by atoms with Crippen LogP contribution in [-0.2, 0) is 70.2 Å². The molecule has 0 amide bonds. The van der Waals surface area contributed by atoms with Gasteiger partial charge in [-0.2, -0.15) is 40.1 Å². The molecule has 0 unspecified atom stereocenters. The van der Waals surface area contributed by atoms with Crippen molar-refractivity contribution in [1.29, 1.82) is 0 Å². The SMILES string of the molecule is O=S(=O)([O-])c1cc(Nc2nc(Nc3ccc(C=Cc4ccc(Nc5nc(Nc6cc(S(=O)(=O)[O-])cc7cc(S(=O)(=O)[O-])c(N=Nc8ccccc8)c(O)c67)nc(N6CCOCC6)n5)cc4S(=O)(=O)[O-])c(S(=O)(=O)[O-])c3)nc(N3CCOCC3)n2)c2c(O)c(N=Nc3ccccc3)c(S(=O)(=O)[O-])cc2c1.[Na+].[Na+].[Na+].[Na+].[Na+].[Na+]. The summed E-state index contributed by atoms with van der Waals surface area (Å²) in [6.07, 6.45) is 1.99. The van der Waals surface area contributed by atoms with E-state index in [-0.39, 0.29) is 276 Å². The van der Waals surface area contributed by atoms with Gasteiger partial charge in [0.05, 0.1) is 78.5 Å². The van der Waals surface area contributed by atoms with Crippen LogP contribution in [0.15, 0.2) is 183 Å². The summed E-state index contributed by atoms with van der Waals surface area (Å²) in [4.78, 5) is 23.5. The Morgan fingerprint density at radius 2 is 0.691 bits per heavy atom. The van der Waals surface area contributed by atoms with Crippen LogP contribution in [0.3, 0.4) is 0 Å². The van der Waals surface area contributed by atoms with Gasteiger partial charge < -0.3 is 78.1 Å². The number of aromatic nitrogens is 6. The number of nitrogens with one attached hydrogen (secondary N) is 4. The van der Waals surface area contributed by atoms with E-state index in [1.807, 2.05) is 0 Å². The maximum Gasteiger partial charge on any atom is 1.00 e. The van der Waals surface area contributed by atoms with E-state index in [2.05, 4.69) is 71.6 Å². The van der Waals surface area contributed by atoms with E-state index in [9.17, 15) is 88.0 Å². The molecule has 10 aromatic rings. The Bertz CT molecular complexity index is 5620. The first kappa shape index (κ1) is 93.9. The van der Waals surface area contributed by atoms with Crippen molar-refractivity contribution < 1.29 is 275 Å². The minimum atomic E-state index is -5.51. The fraction of sp³-hybridized carbons (Fsp3) is 0.133. The van der Waals surface area contributed by atoms with Crippen LogP contribution in [0.2, 0.25) is 0 Å². The summed E-state index contributed by atoms with van der Waals surface area (Å²) in [5.41, 5.74) is -3.55. The fourth-order valence-electron chi connectivity index (χ4n) is 10.6. The second-order valence-corrected chi connectivity index (χ2v) is 30.3. The van der Waals surface area contributed by atoms with Gasteiger partial charge in [0.1, 0.15) is 72.1 Å². The molecular formula is C60H46N16Na6O22S6. The molecule has 0 radical (unpaired) electrons. The van der Waals surface area contributed by atoms with Crippen molar-refractivity contribution in [2.75, 3.05) is 83.7 Å². The zero-order valence-corrected chi connectivity index (χ0v) is 75.3. The molecule has 12 rings (SSSR count). The molecule has 6 N–H and O–H groups in total. The summed E-state index contributed by atoms with van der Waals surface area (Å²) in [5, 5.41) is 48.2. The summed E-state index contributed by atoms with van der Waals surface area (Å²) in [7, 11) is -32.8. The first-order valence-electron chi connectivity index (χ1n) is 29.7. The molecule has 50 heteroatoms. The third-order valence-electron chi connectivity index (χ3n) is 15.3. The summed E-state index contributed by atoms with van der Waals surface area (Å²) >= 11 is 0. The number of ether oxygens (including phenoxy) is 2. The maximum absolute atomic E-state index is 13.1. The van der Waals surface area contributed by atoms with Gasteiger partial charge in [0.2, 0.25) is 35.7 Å². The number of aromatic hydroxyl groups is 2. The van der Waals surface area contributed by atoms with Gasteiger partial charge in [-0.25, -0.2) is 50.5 Å². The number of phenolic OH excluding ortho intramolecular Hbond substituents is 2. The molecule has 0 atom stereocenters. The molecule has 8 aromatic carbocycles. The molecule has 2 aromatic heterocycles. The zero-order chi connectivity index (χ0) is 74.3. The Morgan fingerprint density at radius 1 is 0.373 bits per heavy atom. The van der Waals surface area contributed by atoms with E-state index in [0.29, 0.717) is 24.3 Å². The number of nitrogens with zero attached hydrogens (tertiary/aromatic N) is 12. The van der Waals surface area contributed by atoms with Crippen LogP contribution in [0.1, 0.15) is 11.1 Å². The van der Waals surface area contributed by atoms with Crippen LogP contribution < -0.4 is 208 Å². The molecule has 110 heavy (non-hydrogen) atoms. The second kappa shape index (κ2) is 38.6. The van der Waals surface area contributed by atoms with Crippen LogP contribution in [0.4, 0.5) is 81.2 Å². The van der Waals surface area contributed by atoms with Crippen molar-refractivity contribution in [2.24, 2.45) is 20.5 Å². The molecule has 2 fully saturated rings. The molecule has 2 aliphatic rings. The Balaban J connectivity index is 0.00000315. The Morgan fingerprint density at radius 3 is 1.00 bits per heavy atom.